The van der Waals surface area contributed by atoms with Gasteiger partial charge in [0.05, 0.1) is 0 Å². The first-order chi connectivity index (χ1) is 11.8. The average Bonchev–Trinajstić information content (AvgIpc) is 2.56. The van der Waals surface area contributed by atoms with Gasteiger partial charge >= 0.3 is 5.97 Å². The summed E-state index contributed by atoms with van der Waals surface area (Å²) in [4.78, 5) is 10.4. The maximum absolute atomic E-state index is 10.4. The molecule has 0 saturated heterocycles. The van der Waals surface area contributed by atoms with Gasteiger partial charge in [0.1, 0.15) is 0 Å². The predicted molar refractivity (Wildman–Crippen MR) is 105 cm³/mol. The average molecular weight is 333 g/mol. The summed E-state index contributed by atoms with van der Waals surface area (Å²) in [7, 11) is 0. The highest BCUT2D eigenvalue weighted by Crippen LogP contribution is 2.04. The molecule has 136 valence electrons. The van der Waals surface area contributed by atoms with E-state index in [1.165, 1.54) is 32.1 Å². The molecule has 0 amide bonds. The number of carbonyl (C=O) groups is 1. The van der Waals surface area contributed by atoms with Crippen molar-refractivity contribution in [1.82, 2.24) is 0 Å². The van der Waals surface area contributed by atoms with Gasteiger partial charge in [0.25, 0.3) is 0 Å². The quantitative estimate of drug-likeness (QED) is 0.188. The van der Waals surface area contributed by atoms with Crippen LogP contribution in [0.15, 0.2) is 48.6 Å². The summed E-state index contributed by atoms with van der Waals surface area (Å²) in [5, 5.41) is 8.53. The molecule has 0 aromatic carbocycles. The van der Waals surface area contributed by atoms with Crippen molar-refractivity contribution in [3.05, 3.63) is 48.6 Å². The lowest BCUT2D eigenvalue weighted by atomic mass is 10.1. The van der Waals surface area contributed by atoms with Crippen LogP contribution in [-0.2, 0) is 4.79 Å². The molecule has 0 aromatic heterocycles. The van der Waals surface area contributed by atoms with Crippen molar-refractivity contribution < 1.29 is 9.90 Å². The number of allylic oxidation sites excluding steroid dienone is 8. The summed E-state index contributed by atoms with van der Waals surface area (Å²) in [6.45, 7) is 2.24. The van der Waals surface area contributed by atoms with E-state index in [1.807, 2.05) is 0 Å². The second-order valence-corrected chi connectivity index (χ2v) is 6.11. The number of hydrogen-bond acceptors (Lipinski definition) is 1. The molecular weight excluding hydrogens is 296 g/mol. The maximum atomic E-state index is 10.4. The van der Waals surface area contributed by atoms with Crippen LogP contribution < -0.4 is 0 Å². The Bertz CT molecular complexity index is 389. The number of aliphatic carboxylic acids is 1. The van der Waals surface area contributed by atoms with Gasteiger partial charge in [-0.3, -0.25) is 4.79 Å². The van der Waals surface area contributed by atoms with Crippen molar-refractivity contribution in [3.8, 4) is 0 Å². The Hall–Kier alpha value is -1.57. The summed E-state index contributed by atoms with van der Waals surface area (Å²) in [6.07, 6.45) is 30.2. The topological polar surface area (TPSA) is 37.3 Å². The molecule has 0 heterocycles. The van der Waals surface area contributed by atoms with Crippen molar-refractivity contribution in [2.75, 3.05) is 0 Å². The molecule has 0 radical (unpaired) electrons. The predicted octanol–water partition coefficient (Wildman–Crippen LogP) is 7.00. The lowest BCUT2D eigenvalue weighted by Crippen LogP contribution is -1.93. The largest absolute Gasteiger partial charge is 0.481 e. The van der Waals surface area contributed by atoms with Crippen LogP contribution in [0, 0.1) is 0 Å². The van der Waals surface area contributed by atoms with Crippen LogP contribution in [0.1, 0.15) is 84.0 Å². The monoisotopic (exact) mass is 332 g/mol. The molecule has 0 unspecified atom stereocenters. The zero-order valence-electron chi connectivity index (χ0n) is 15.5. The minimum atomic E-state index is -0.688. The minimum absolute atomic E-state index is 0.300. The molecule has 2 heteroatoms. The molecule has 0 fully saturated rings. The molecule has 0 saturated carbocycles. The lowest BCUT2D eigenvalue weighted by Gasteiger charge is -1.94. The van der Waals surface area contributed by atoms with Crippen LogP contribution in [0.25, 0.3) is 0 Å². The van der Waals surface area contributed by atoms with E-state index in [0.717, 1.165) is 38.5 Å². The fourth-order valence-electron chi connectivity index (χ4n) is 2.30. The van der Waals surface area contributed by atoms with E-state index < -0.39 is 5.97 Å². The van der Waals surface area contributed by atoms with Gasteiger partial charge < -0.3 is 5.11 Å². The summed E-state index contributed by atoms with van der Waals surface area (Å²) in [6, 6.07) is 0. The number of carboxylic acid groups (broad SMARTS) is 1. The molecule has 24 heavy (non-hydrogen) atoms. The van der Waals surface area contributed by atoms with Gasteiger partial charge in [-0.2, -0.15) is 0 Å². The van der Waals surface area contributed by atoms with Crippen LogP contribution in [0.5, 0.6) is 0 Å². The van der Waals surface area contributed by atoms with Crippen molar-refractivity contribution in [3.63, 3.8) is 0 Å². The molecule has 0 spiro atoms. The third-order valence-corrected chi connectivity index (χ3v) is 3.75. The standard InChI is InChI=1S/C22H36O2/c1-2-3-4-5-6-7-8-9-10-11-12-13-14-15-16-17-18-19-20-21-22(23)24/h7-10,12-13,15-16H,2-6,11,14,17-21H2,1H3,(H,23,24). The fourth-order valence-corrected chi connectivity index (χ4v) is 2.30. The molecule has 0 aliphatic carbocycles. The zero-order chi connectivity index (χ0) is 17.7. The molecule has 0 bridgehead atoms. The molecule has 2 nitrogen and oxygen atoms in total. The molecule has 0 rings (SSSR count). The SMILES string of the molecule is CCCCCCC=CC=CCC=CCC=CCCCCCC(=O)O. The van der Waals surface area contributed by atoms with Crippen LogP contribution in [0.4, 0.5) is 0 Å². The number of carboxylic acids is 1. The third kappa shape index (κ3) is 20.4. The van der Waals surface area contributed by atoms with Crippen LogP contribution >= 0.6 is 0 Å². The lowest BCUT2D eigenvalue weighted by molar-refractivity contribution is -0.137. The maximum Gasteiger partial charge on any atom is 0.303 e. The Labute approximate surface area is 149 Å². The Morgan fingerprint density at radius 1 is 0.708 bits per heavy atom. The zero-order valence-corrected chi connectivity index (χ0v) is 15.5. The van der Waals surface area contributed by atoms with Crippen molar-refractivity contribution >= 4 is 5.97 Å². The number of rotatable bonds is 16. The van der Waals surface area contributed by atoms with Crippen molar-refractivity contribution in [2.45, 2.75) is 84.0 Å². The van der Waals surface area contributed by atoms with E-state index in [-0.39, 0.29) is 0 Å². The first kappa shape index (κ1) is 22.4. The van der Waals surface area contributed by atoms with E-state index in [2.05, 4.69) is 55.5 Å². The van der Waals surface area contributed by atoms with Gasteiger partial charge in [0.15, 0.2) is 0 Å². The van der Waals surface area contributed by atoms with E-state index >= 15 is 0 Å². The highest BCUT2D eigenvalue weighted by Gasteiger charge is 1.94. The molecule has 0 aliphatic heterocycles. The van der Waals surface area contributed by atoms with E-state index in [0.29, 0.717) is 6.42 Å². The molecular formula is C22H36O2. The van der Waals surface area contributed by atoms with Crippen molar-refractivity contribution in [2.24, 2.45) is 0 Å². The smallest absolute Gasteiger partial charge is 0.303 e. The van der Waals surface area contributed by atoms with Gasteiger partial charge in [-0.05, 0) is 44.9 Å². The van der Waals surface area contributed by atoms with Crippen LogP contribution in [-0.4, -0.2) is 11.1 Å². The Balaban J connectivity index is 3.39. The Morgan fingerprint density at radius 3 is 2.00 bits per heavy atom. The van der Waals surface area contributed by atoms with Gasteiger partial charge in [-0.15, -0.1) is 0 Å². The first-order valence-corrected chi connectivity index (χ1v) is 9.60. The second-order valence-electron chi connectivity index (χ2n) is 6.11. The van der Waals surface area contributed by atoms with Crippen LogP contribution in [0.2, 0.25) is 0 Å². The third-order valence-electron chi connectivity index (χ3n) is 3.75. The molecule has 0 aliphatic rings. The van der Waals surface area contributed by atoms with Gasteiger partial charge in [0, 0.05) is 6.42 Å². The van der Waals surface area contributed by atoms with Crippen LogP contribution in [0.3, 0.4) is 0 Å². The minimum Gasteiger partial charge on any atom is -0.481 e. The van der Waals surface area contributed by atoms with E-state index in [4.69, 9.17) is 5.11 Å². The Morgan fingerprint density at radius 2 is 1.29 bits per heavy atom. The van der Waals surface area contributed by atoms with Gasteiger partial charge in [-0.25, -0.2) is 0 Å². The molecule has 1 N–H and O–H groups in total. The van der Waals surface area contributed by atoms with E-state index in [1.54, 1.807) is 0 Å². The summed E-state index contributed by atoms with van der Waals surface area (Å²) in [5.41, 5.74) is 0. The van der Waals surface area contributed by atoms with E-state index in [9.17, 15) is 4.79 Å². The van der Waals surface area contributed by atoms with Crippen molar-refractivity contribution in [1.29, 1.82) is 0 Å². The molecule has 0 aromatic rings. The normalized spacial score (nSPS) is 12.4. The number of unbranched alkanes of at least 4 members (excludes halogenated alkanes) is 7. The molecule has 0 atom stereocenters. The highest BCUT2D eigenvalue weighted by atomic mass is 16.4. The number of hydrogen-bond donors (Lipinski definition) is 1. The first-order valence-electron chi connectivity index (χ1n) is 9.60. The van der Waals surface area contributed by atoms with Gasteiger partial charge in [-0.1, -0.05) is 81.2 Å². The summed E-state index contributed by atoms with van der Waals surface area (Å²) >= 11 is 0. The fraction of sp³-hybridized carbons (Fsp3) is 0.591. The Kier molecular flexibility index (Phi) is 18.2. The van der Waals surface area contributed by atoms with Gasteiger partial charge in [0.2, 0.25) is 0 Å². The summed E-state index contributed by atoms with van der Waals surface area (Å²) in [5.74, 6) is -0.688. The highest BCUT2D eigenvalue weighted by molar-refractivity contribution is 5.66. The summed E-state index contributed by atoms with van der Waals surface area (Å²) < 4.78 is 0. The second kappa shape index (κ2) is 19.5.